The summed E-state index contributed by atoms with van der Waals surface area (Å²) in [5.41, 5.74) is 3.46. The van der Waals surface area contributed by atoms with Crippen LogP contribution in [-0.2, 0) is 7.05 Å². The topological polar surface area (TPSA) is 94.8 Å². The number of hydrogen-bond donors (Lipinski definition) is 1. The number of alkyl halides is 2. The van der Waals surface area contributed by atoms with E-state index in [-0.39, 0.29) is 5.75 Å². The van der Waals surface area contributed by atoms with Crippen LogP contribution in [0.25, 0.3) is 22.5 Å². The number of aryl methyl sites for hydroxylation is 1. The van der Waals surface area contributed by atoms with Gasteiger partial charge >= 0.3 is 6.11 Å². The lowest BCUT2D eigenvalue weighted by atomic mass is 10.0. The molecule has 0 spiro atoms. The Labute approximate surface area is 182 Å². The Bertz CT molecular complexity index is 1240. The third-order valence-corrected chi connectivity index (χ3v) is 4.49. The molecule has 1 N–H and O–H groups in total. The number of aromatic nitrogens is 5. The number of halogens is 2. The van der Waals surface area contributed by atoms with Crippen LogP contribution in [0.3, 0.4) is 0 Å². The normalized spacial score (nSPS) is 11.2. The minimum Gasteiger partial charge on any atom is -0.433 e. The average molecular weight is 436 g/mol. The van der Waals surface area contributed by atoms with Gasteiger partial charge in [-0.2, -0.15) is 8.78 Å². The van der Waals surface area contributed by atoms with Crippen LogP contribution in [0.15, 0.2) is 67.8 Å². The summed E-state index contributed by atoms with van der Waals surface area (Å²) in [5.74, 6) is -0.425. The third-order valence-electron chi connectivity index (χ3n) is 4.49. The molecule has 10 heteroatoms. The average Bonchev–Trinajstić information content (AvgIpc) is 3.20. The number of nitrogens with zero attached hydrogens (tertiary/aromatic N) is 5. The molecule has 3 aromatic heterocycles. The van der Waals surface area contributed by atoms with Gasteiger partial charge in [0.2, 0.25) is 0 Å². The van der Waals surface area contributed by atoms with Crippen LogP contribution in [0.4, 0.5) is 14.5 Å². The molecule has 3 heterocycles. The summed E-state index contributed by atoms with van der Waals surface area (Å²) in [5, 5.41) is 2.72. The number of imidazole rings is 1. The fourth-order valence-corrected chi connectivity index (χ4v) is 3.05. The van der Waals surface area contributed by atoms with Crippen LogP contribution in [0.5, 0.6) is 5.75 Å². The quantitative estimate of drug-likeness (QED) is 0.487. The van der Waals surface area contributed by atoms with E-state index in [1.807, 2.05) is 11.6 Å². The zero-order valence-electron chi connectivity index (χ0n) is 17.2. The predicted molar refractivity (Wildman–Crippen MR) is 113 cm³/mol. The van der Waals surface area contributed by atoms with Gasteiger partial charge in [0.15, 0.2) is 0 Å². The number of amides is 1. The smallest absolute Gasteiger partial charge is 0.394 e. The molecule has 162 valence electrons. The summed E-state index contributed by atoms with van der Waals surface area (Å²) in [4.78, 5) is 29.6. The van der Waals surface area contributed by atoms with Crippen molar-refractivity contribution in [1.82, 2.24) is 24.5 Å². The summed E-state index contributed by atoms with van der Waals surface area (Å²) < 4.78 is 32.2. The minimum atomic E-state index is -3.29. The minimum absolute atomic E-state index is 0.0101. The molecular formula is C22H18F2N6O2. The van der Waals surface area contributed by atoms with E-state index in [0.29, 0.717) is 35.0 Å². The molecular weight excluding hydrogens is 418 g/mol. The number of carbonyl (C=O) groups is 1. The highest BCUT2D eigenvalue weighted by Gasteiger charge is 2.23. The highest BCUT2D eigenvalue weighted by Crippen LogP contribution is 2.30. The highest BCUT2D eigenvalue weighted by molar-refractivity contribution is 6.05. The Balaban J connectivity index is 1.63. The van der Waals surface area contributed by atoms with Crippen molar-refractivity contribution in [3.8, 4) is 28.3 Å². The van der Waals surface area contributed by atoms with Crippen LogP contribution in [0, 0.1) is 0 Å². The first-order valence-electron chi connectivity index (χ1n) is 9.50. The Morgan fingerprint density at radius 3 is 2.41 bits per heavy atom. The molecule has 4 aromatic rings. The number of hydrogen-bond acceptors (Lipinski definition) is 6. The number of pyridine rings is 1. The number of rotatable bonds is 6. The summed E-state index contributed by atoms with van der Waals surface area (Å²) >= 11 is 0. The molecule has 0 radical (unpaired) electrons. The first kappa shape index (κ1) is 21.0. The number of carbonyl (C=O) groups excluding carboxylic acids is 1. The van der Waals surface area contributed by atoms with Gasteiger partial charge in [-0.05, 0) is 30.3 Å². The molecule has 0 saturated carbocycles. The molecule has 1 amide bonds. The molecule has 0 bridgehead atoms. The van der Waals surface area contributed by atoms with Gasteiger partial charge < -0.3 is 14.6 Å². The van der Waals surface area contributed by atoms with E-state index in [4.69, 9.17) is 0 Å². The van der Waals surface area contributed by atoms with Crippen molar-refractivity contribution in [2.75, 3.05) is 5.32 Å². The van der Waals surface area contributed by atoms with Crippen molar-refractivity contribution >= 4 is 11.6 Å². The van der Waals surface area contributed by atoms with Crippen molar-refractivity contribution in [1.29, 1.82) is 0 Å². The van der Waals surface area contributed by atoms with Crippen molar-refractivity contribution in [2.24, 2.45) is 7.05 Å². The summed E-state index contributed by atoms with van der Waals surface area (Å²) in [6, 6.07) is 7.34. The van der Waals surface area contributed by atoms with Crippen LogP contribution < -0.4 is 10.1 Å². The van der Waals surface area contributed by atoms with Crippen molar-refractivity contribution in [3.05, 3.63) is 73.3 Å². The molecule has 0 aliphatic carbocycles. The molecule has 0 aliphatic heterocycles. The van der Waals surface area contributed by atoms with E-state index in [1.54, 1.807) is 31.0 Å². The van der Waals surface area contributed by atoms with Gasteiger partial charge in [-0.15, -0.1) is 0 Å². The lowest BCUT2D eigenvalue weighted by Crippen LogP contribution is -2.19. The van der Waals surface area contributed by atoms with Gasteiger partial charge in [0.25, 0.3) is 5.91 Å². The number of benzene rings is 1. The Morgan fingerprint density at radius 2 is 1.78 bits per heavy atom. The zero-order valence-corrected chi connectivity index (χ0v) is 17.2. The molecule has 32 heavy (non-hydrogen) atoms. The first-order chi connectivity index (χ1) is 15.3. The summed E-state index contributed by atoms with van der Waals surface area (Å²) in [6.07, 6.45) is 6.19. The third kappa shape index (κ3) is 4.75. The highest BCUT2D eigenvalue weighted by atomic mass is 19.3. The standard InChI is InChI=1S/C22H18F2N6O2/c1-22(23,24)32-17-5-3-16(4-6-17)29-21(31)14-7-18(15-8-25-12-26-9-15)20(28-10-14)19-11-27-13-30(19)2/h3-13H,1-2H3,(H,29,31). The predicted octanol–water partition coefficient (Wildman–Crippen LogP) is 4.18. The SMILES string of the molecule is Cn1cncc1-c1ncc(C(=O)Nc2ccc(OC(C)(F)F)cc2)cc1-c1cncnc1. The second-order valence-electron chi connectivity index (χ2n) is 7.03. The number of anilines is 1. The van der Waals surface area contributed by atoms with E-state index in [2.05, 4.69) is 30.0 Å². The monoisotopic (exact) mass is 436 g/mol. The van der Waals surface area contributed by atoms with Gasteiger partial charge in [0.1, 0.15) is 12.1 Å². The second-order valence-corrected chi connectivity index (χ2v) is 7.03. The Hall–Kier alpha value is -4.21. The zero-order chi connectivity index (χ0) is 22.7. The van der Waals surface area contributed by atoms with E-state index in [0.717, 1.165) is 5.69 Å². The molecule has 1 aromatic carbocycles. The van der Waals surface area contributed by atoms with Crippen LogP contribution in [0.1, 0.15) is 17.3 Å². The molecule has 4 rings (SSSR count). The second kappa shape index (κ2) is 8.50. The van der Waals surface area contributed by atoms with Gasteiger partial charge in [0.05, 0.1) is 29.5 Å². The number of ether oxygens (including phenoxy) is 1. The van der Waals surface area contributed by atoms with E-state index in [9.17, 15) is 13.6 Å². The largest absolute Gasteiger partial charge is 0.433 e. The molecule has 0 atom stereocenters. The molecule has 8 nitrogen and oxygen atoms in total. The van der Waals surface area contributed by atoms with Crippen LogP contribution in [0.2, 0.25) is 0 Å². The van der Waals surface area contributed by atoms with E-state index >= 15 is 0 Å². The lowest BCUT2D eigenvalue weighted by Gasteiger charge is -2.14. The molecule has 0 aliphatic rings. The van der Waals surface area contributed by atoms with Crippen LogP contribution >= 0.6 is 0 Å². The van der Waals surface area contributed by atoms with Gasteiger partial charge in [0, 0.05) is 49.4 Å². The maximum Gasteiger partial charge on any atom is 0.394 e. The summed E-state index contributed by atoms with van der Waals surface area (Å²) in [6.45, 7) is 0.653. The maximum atomic E-state index is 13.0. The van der Waals surface area contributed by atoms with E-state index in [1.165, 1.54) is 36.8 Å². The van der Waals surface area contributed by atoms with Gasteiger partial charge in [-0.1, -0.05) is 0 Å². The number of nitrogens with one attached hydrogen (secondary N) is 1. The van der Waals surface area contributed by atoms with Gasteiger partial charge in [-0.25, -0.2) is 15.0 Å². The molecule has 0 fully saturated rings. The summed E-state index contributed by atoms with van der Waals surface area (Å²) in [7, 11) is 1.84. The fraction of sp³-hybridized carbons (Fsp3) is 0.136. The van der Waals surface area contributed by atoms with Gasteiger partial charge in [-0.3, -0.25) is 9.78 Å². The van der Waals surface area contributed by atoms with E-state index < -0.39 is 12.0 Å². The Kier molecular flexibility index (Phi) is 5.59. The Morgan fingerprint density at radius 1 is 1.06 bits per heavy atom. The first-order valence-corrected chi connectivity index (χ1v) is 9.50. The van der Waals surface area contributed by atoms with Crippen LogP contribution in [-0.4, -0.2) is 36.5 Å². The maximum absolute atomic E-state index is 13.0. The van der Waals surface area contributed by atoms with Crippen molar-refractivity contribution < 1.29 is 18.3 Å². The fourth-order valence-electron chi connectivity index (χ4n) is 3.05. The lowest BCUT2D eigenvalue weighted by molar-refractivity contribution is -0.158. The molecule has 0 unspecified atom stereocenters. The van der Waals surface area contributed by atoms with Crippen molar-refractivity contribution in [2.45, 2.75) is 13.0 Å². The molecule has 0 saturated heterocycles. The van der Waals surface area contributed by atoms with Crippen molar-refractivity contribution in [3.63, 3.8) is 0 Å².